The quantitative estimate of drug-likeness (QED) is 0.252. The topological polar surface area (TPSA) is 135 Å². The van der Waals surface area contributed by atoms with Crippen LogP contribution in [0, 0.1) is 10.1 Å². The number of hydrogen-bond acceptors (Lipinski definition) is 9. The molecule has 1 heterocycles. The lowest BCUT2D eigenvalue weighted by Crippen LogP contribution is -2.25. The summed E-state index contributed by atoms with van der Waals surface area (Å²) in [6, 6.07) is 3.13. The molecular weight excluding hydrogens is 350 g/mol. The molecule has 27 heavy (non-hydrogen) atoms. The number of fused-ring (bicyclic) bond motifs is 1. The van der Waals surface area contributed by atoms with Gasteiger partial charge in [-0.25, -0.2) is 4.63 Å². The number of aromatic nitrogens is 2. The summed E-state index contributed by atoms with van der Waals surface area (Å²) in [5, 5.41) is 25.3. The molecule has 0 aliphatic carbocycles. The number of nitrogens with one attached hydrogen (secondary N) is 2. The highest BCUT2D eigenvalue weighted by atomic mass is 16.6. The van der Waals surface area contributed by atoms with Crippen molar-refractivity contribution in [3.63, 3.8) is 0 Å². The number of benzene rings is 1. The molecule has 0 saturated heterocycles. The smallest absolute Gasteiger partial charge is 0.300 e. The largest absolute Gasteiger partial charge is 0.373 e. The number of hydrogen-bond donors (Lipinski definition) is 3. The summed E-state index contributed by atoms with van der Waals surface area (Å²) in [5.74, 6) is 0. The van der Waals surface area contributed by atoms with E-state index in [1.54, 1.807) is 6.07 Å². The summed E-state index contributed by atoms with van der Waals surface area (Å²) in [4.78, 5) is 12.6. The average Bonchev–Trinajstić information content (AvgIpc) is 3.14. The number of anilines is 1. The van der Waals surface area contributed by atoms with Gasteiger partial charge in [0.15, 0.2) is 5.52 Å². The molecule has 4 N–H and O–H groups in total. The molecule has 0 fully saturated rings. The van der Waals surface area contributed by atoms with Crippen LogP contribution < -0.4 is 21.3 Å². The van der Waals surface area contributed by atoms with Crippen LogP contribution in [0.25, 0.3) is 11.0 Å². The second-order valence-corrected chi connectivity index (χ2v) is 6.45. The van der Waals surface area contributed by atoms with Crippen LogP contribution in [0.15, 0.2) is 16.8 Å². The minimum atomic E-state index is -0.478. The molecule has 0 radical (unpaired) electrons. The zero-order chi connectivity index (χ0) is 19.5. The first-order valence-corrected chi connectivity index (χ1v) is 9.37. The highest BCUT2D eigenvalue weighted by molar-refractivity contribution is 5.93. The first-order chi connectivity index (χ1) is 13.1. The van der Waals surface area contributed by atoms with Crippen LogP contribution in [-0.2, 0) is 0 Å². The highest BCUT2D eigenvalue weighted by Crippen LogP contribution is 2.30. The predicted molar refractivity (Wildman–Crippen MR) is 105 cm³/mol. The molecule has 0 unspecified atom stereocenters. The third-order valence-corrected chi connectivity index (χ3v) is 4.34. The number of nitro benzene ring substituents is 1. The van der Waals surface area contributed by atoms with Gasteiger partial charge in [0.05, 0.1) is 10.6 Å². The van der Waals surface area contributed by atoms with E-state index in [0.717, 1.165) is 70.6 Å². The van der Waals surface area contributed by atoms with E-state index in [2.05, 4.69) is 20.9 Å². The van der Waals surface area contributed by atoms with Gasteiger partial charge < -0.3 is 21.3 Å². The molecule has 0 atom stereocenters. The fraction of sp³-hybridized carbons (Fsp3) is 0.647. The van der Waals surface area contributed by atoms with Crippen LogP contribution in [-0.4, -0.2) is 61.6 Å². The molecule has 0 amide bonds. The Kier molecular flexibility index (Phi) is 8.89. The fourth-order valence-corrected chi connectivity index (χ4v) is 2.83. The summed E-state index contributed by atoms with van der Waals surface area (Å²) in [6.45, 7) is 5.48. The first-order valence-electron chi connectivity index (χ1n) is 9.37. The molecule has 1 aromatic heterocycles. The number of nitrogens with two attached hydrogens (primary N) is 1. The Morgan fingerprint density at radius 2 is 1.70 bits per heavy atom. The highest BCUT2D eigenvalue weighted by Gasteiger charge is 2.20. The third kappa shape index (κ3) is 6.42. The summed E-state index contributed by atoms with van der Waals surface area (Å²) in [7, 11) is 1.93. The third-order valence-electron chi connectivity index (χ3n) is 4.34. The maximum atomic E-state index is 11.0. The molecule has 0 bridgehead atoms. The fourth-order valence-electron chi connectivity index (χ4n) is 2.83. The van der Waals surface area contributed by atoms with E-state index in [9.17, 15) is 10.1 Å². The van der Waals surface area contributed by atoms with Crippen molar-refractivity contribution < 1.29 is 9.55 Å². The molecule has 2 aromatic rings. The number of rotatable bonds is 14. The van der Waals surface area contributed by atoms with Gasteiger partial charge in [-0.2, -0.15) is 0 Å². The lowest BCUT2D eigenvalue weighted by atomic mass is 10.2. The second-order valence-electron chi connectivity index (χ2n) is 6.45. The molecule has 1 aromatic carbocycles. The van der Waals surface area contributed by atoms with Crippen LogP contribution in [0.1, 0.15) is 25.7 Å². The SMILES string of the molecule is CN(CCCNCCCCNCCCN)c1ccc([N+](=O)[O-])c2nonc12. The van der Waals surface area contributed by atoms with Crippen molar-refractivity contribution in [2.75, 3.05) is 51.2 Å². The molecule has 10 nitrogen and oxygen atoms in total. The van der Waals surface area contributed by atoms with E-state index in [4.69, 9.17) is 10.4 Å². The minimum absolute atomic E-state index is 0.0948. The zero-order valence-corrected chi connectivity index (χ0v) is 15.8. The van der Waals surface area contributed by atoms with Crippen molar-refractivity contribution in [1.29, 1.82) is 0 Å². The van der Waals surface area contributed by atoms with Gasteiger partial charge in [-0.05, 0) is 74.8 Å². The van der Waals surface area contributed by atoms with E-state index >= 15 is 0 Å². The van der Waals surface area contributed by atoms with Gasteiger partial charge in [-0.3, -0.25) is 10.1 Å². The molecular formula is C17H29N7O3. The summed E-state index contributed by atoms with van der Waals surface area (Å²) in [6.07, 6.45) is 4.27. The van der Waals surface area contributed by atoms with Gasteiger partial charge in [0, 0.05) is 19.7 Å². The summed E-state index contributed by atoms with van der Waals surface area (Å²) in [5.41, 5.74) is 6.73. The van der Waals surface area contributed by atoms with Crippen LogP contribution in [0.2, 0.25) is 0 Å². The molecule has 0 aliphatic rings. The van der Waals surface area contributed by atoms with Crippen LogP contribution in [0.3, 0.4) is 0 Å². The van der Waals surface area contributed by atoms with Gasteiger partial charge in [-0.1, -0.05) is 0 Å². The summed E-state index contributed by atoms with van der Waals surface area (Å²) < 4.78 is 4.70. The van der Waals surface area contributed by atoms with Gasteiger partial charge in [-0.15, -0.1) is 0 Å². The van der Waals surface area contributed by atoms with Crippen molar-refractivity contribution >= 4 is 22.4 Å². The Labute approximate surface area is 158 Å². The van der Waals surface area contributed by atoms with E-state index in [0.29, 0.717) is 5.52 Å². The number of non-ortho nitro benzene ring substituents is 1. The maximum absolute atomic E-state index is 11.0. The number of nitrogens with zero attached hydrogens (tertiary/aromatic N) is 4. The number of nitro groups is 1. The Morgan fingerprint density at radius 1 is 1.07 bits per heavy atom. The molecule has 150 valence electrons. The summed E-state index contributed by atoms with van der Waals surface area (Å²) >= 11 is 0. The first kappa shape index (κ1) is 21.0. The maximum Gasteiger partial charge on any atom is 0.300 e. The van der Waals surface area contributed by atoms with Crippen LogP contribution >= 0.6 is 0 Å². The lowest BCUT2D eigenvalue weighted by Gasteiger charge is -2.19. The number of unbranched alkanes of at least 4 members (excludes halogenated alkanes) is 1. The Balaban J connectivity index is 1.66. The van der Waals surface area contributed by atoms with Gasteiger partial charge in [0.2, 0.25) is 5.52 Å². The second kappa shape index (κ2) is 11.4. The van der Waals surface area contributed by atoms with Crippen molar-refractivity contribution in [2.24, 2.45) is 5.73 Å². The Hall–Kier alpha value is -2.30. The van der Waals surface area contributed by atoms with Crippen LogP contribution in [0.4, 0.5) is 11.4 Å². The van der Waals surface area contributed by atoms with Crippen molar-refractivity contribution in [3.05, 3.63) is 22.2 Å². The predicted octanol–water partition coefficient (Wildman–Crippen LogP) is 1.27. The van der Waals surface area contributed by atoms with E-state index in [1.165, 1.54) is 6.07 Å². The monoisotopic (exact) mass is 379 g/mol. The molecule has 0 aliphatic heterocycles. The molecule has 2 rings (SSSR count). The van der Waals surface area contributed by atoms with Crippen molar-refractivity contribution in [3.8, 4) is 0 Å². The van der Waals surface area contributed by atoms with Gasteiger partial charge in [0.25, 0.3) is 0 Å². The lowest BCUT2D eigenvalue weighted by molar-refractivity contribution is -0.383. The van der Waals surface area contributed by atoms with Crippen molar-refractivity contribution in [2.45, 2.75) is 25.7 Å². The van der Waals surface area contributed by atoms with Crippen LogP contribution in [0.5, 0.6) is 0 Å². The van der Waals surface area contributed by atoms with Crippen molar-refractivity contribution in [1.82, 2.24) is 20.9 Å². The Bertz CT molecular complexity index is 707. The molecule has 0 spiro atoms. The van der Waals surface area contributed by atoms with Gasteiger partial charge in [0.1, 0.15) is 0 Å². The Morgan fingerprint density at radius 3 is 2.37 bits per heavy atom. The van der Waals surface area contributed by atoms with Gasteiger partial charge >= 0.3 is 5.69 Å². The molecule has 10 heteroatoms. The average molecular weight is 379 g/mol. The van der Waals surface area contributed by atoms with E-state index in [1.807, 2.05) is 11.9 Å². The normalized spacial score (nSPS) is 11.2. The van der Waals surface area contributed by atoms with E-state index in [-0.39, 0.29) is 11.2 Å². The minimum Gasteiger partial charge on any atom is -0.373 e. The molecule has 0 saturated carbocycles. The van der Waals surface area contributed by atoms with E-state index < -0.39 is 4.92 Å². The standard InChI is InChI=1S/C17H29N7O3/c1-23(13-5-12-20-10-3-2-9-19-11-4-8-18)14-6-7-15(24(25)26)17-16(14)21-27-22-17/h6-7,19-20H,2-5,8-13,18H2,1H3. The zero-order valence-electron chi connectivity index (χ0n) is 15.8.